The average Bonchev–Trinajstić information content (AvgIpc) is 3.08. The van der Waals surface area contributed by atoms with E-state index in [1.54, 1.807) is 6.07 Å². The molecular formula is C19H23N3O5. The van der Waals surface area contributed by atoms with Crippen LogP contribution in [-0.4, -0.2) is 58.2 Å². The Morgan fingerprint density at radius 1 is 1.37 bits per heavy atom. The number of hydrogen-bond donors (Lipinski definition) is 1. The van der Waals surface area contributed by atoms with Gasteiger partial charge in [0.15, 0.2) is 0 Å². The van der Waals surface area contributed by atoms with E-state index < -0.39 is 11.4 Å². The van der Waals surface area contributed by atoms with Crippen LogP contribution < -0.4 is 5.56 Å². The van der Waals surface area contributed by atoms with Crippen LogP contribution in [0.2, 0.25) is 0 Å². The number of carboxylic acids is 1. The molecule has 1 saturated heterocycles. The number of aryl methyl sites for hydroxylation is 2. The Labute approximate surface area is 156 Å². The lowest BCUT2D eigenvalue weighted by molar-refractivity contribution is -0.151. The number of nitrogens with zero attached hydrogens (tertiary/aromatic N) is 3. The van der Waals surface area contributed by atoms with Gasteiger partial charge in [0, 0.05) is 33.2 Å². The molecule has 8 heteroatoms. The van der Waals surface area contributed by atoms with Gasteiger partial charge in [0.25, 0.3) is 5.56 Å². The fourth-order valence-corrected chi connectivity index (χ4v) is 3.59. The Morgan fingerprint density at radius 3 is 2.85 bits per heavy atom. The van der Waals surface area contributed by atoms with E-state index in [1.165, 1.54) is 22.9 Å². The monoisotopic (exact) mass is 373 g/mol. The van der Waals surface area contributed by atoms with Crippen LogP contribution in [0.25, 0.3) is 10.9 Å². The Balaban J connectivity index is 1.70. The first-order valence-electron chi connectivity index (χ1n) is 8.83. The maximum Gasteiger partial charge on any atom is 0.313 e. The van der Waals surface area contributed by atoms with Gasteiger partial charge in [-0.3, -0.25) is 19.0 Å². The number of hydrogen-bond acceptors (Lipinski definition) is 5. The quantitative estimate of drug-likeness (QED) is 0.812. The normalized spacial score (nSPS) is 19.6. The molecule has 0 radical (unpaired) electrons. The number of carbonyl (C=O) groups excluding carboxylic acids is 1. The topological polar surface area (TPSA) is 102 Å². The van der Waals surface area contributed by atoms with E-state index in [-0.39, 0.29) is 37.6 Å². The molecule has 1 atom stereocenters. The summed E-state index contributed by atoms with van der Waals surface area (Å²) in [7, 11) is 1.45. The number of ether oxygens (including phenoxy) is 1. The molecule has 1 amide bonds. The Kier molecular flexibility index (Phi) is 5.27. The zero-order valence-corrected chi connectivity index (χ0v) is 15.5. The standard InChI is InChI=1S/C19H23N3O5/c1-13-4-3-5-14-16(13)20-12-22(17(14)24)8-6-15(23)21-9-7-19(10-21,11-27-2)18(25)26/h3-5,12H,6-11H2,1-2H3,(H,25,26). The molecule has 144 valence electrons. The lowest BCUT2D eigenvalue weighted by Crippen LogP contribution is -2.40. The van der Waals surface area contributed by atoms with Crippen molar-refractivity contribution in [1.29, 1.82) is 0 Å². The van der Waals surface area contributed by atoms with Crippen molar-refractivity contribution in [3.8, 4) is 0 Å². The highest BCUT2D eigenvalue weighted by Gasteiger charge is 2.46. The third-order valence-electron chi connectivity index (χ3n) is 5.20. The first-order chi connectivity index (χ1) is 12.9. The van der Waals surface area contributed by atoms with Crippen molar-refractivity contribution in [3.05, 3.63) is 40.4 Å². The van der Waals surface area contributed by atoms with Gasteiger partial charge in [-0.1, -0.05) is 12.1 Å². The van der Waals surface area contributed by atoms with E-state index >= 15 is 0 Å². The lowest BCUT2D eigenvalue weighted by Gasteiger charge is -2.23. The molecule has 1 aliphatic rings. The van der Waals surface area contributed by atoms with Crippen LogP contribution in [0, 0.1) is 12.3 Å². The van der Waals surface area contributed by atoms with Crippen molar-refractivity contribution in [1.82, 2.24) is 14.5 Å². The van der Waals surface area contributed by atoms with Crippen LogP contribution in [0.3, 0.4) is 0 Å². The minimum atomic E-state index is -1.05. The summed E-state index contributed by atoms with van der Waals surface area (Å²) < 4.78 is 6.47. The minimum absolute atomic E-state index is 0.0690. The highest BCUT2D eigenvalue weighted by molar-refractivity contribution is 5.81. The third-order valence-corrected chi connectivity index (χ3v) is 5.20. The molecule has 2 aromatic rings. The third kappa shape index (κ3) is 3.57. The average molecular weight is 373 g/mol. The summed E-state index contributed by atoms with van der Waals surface area (Å²) in [5, 5.41) is 10.0. The molecule has 3 rings (SSSR count). The van der Waals surface area contributed by atoms with Crippen LogP contribution >= 0.6 is 0 Å². The second kappa shape index (κ2) is 7.48. The highest BCUT2D eigenvalue weighted by atomic mass is 16.5. The van der Waals surface area contributed by atoms with Gasteiger partial charge in [-0.05, 0) is 25.0 Å². The summed E-state index contributed by atoms with van der Waals surface area (Å²) >= 11 is 0. The summed E-state index contributed by atoms with van der Waals surface area (Å²) in [6, 6.07) is 5.43. The van der Waals surface area contributed by atoms with Crippen LogP contribution in [0.1, 0.15) is 18.4 Å². The number of amides is 1. The number of para-hydroxylation sites is 1. The largest absolute Gasteiger partial charge is 0.481 e. The highest BCUT2D eigenvalue weighted by Crippen LogP contribution is 2.31. The molecule has 0 spiro atoms. The lowest BCUT2D eigenvalue weighted by atomic mass is 9.88. The van der Waals surface area contributed by atoms with E-state index in [2.05, 4.69) is 4.98 Å². The SMILES string of the molecule is COCC1(C(=O)O)CCN(C(=O)CCn2cnc3c(C)cccc3c2=O)C1. The maximum absolute atomic E-state index is 12.6. The molecule has 1 fully saturated rings. The van der Waals surface area contributed by atoms with Gasteiger partial charge in [-0.15, -0.1) is 0 Å². The maximum atomic E-state index is 12.6. The summed E-state index contributed by atoms with van der Waals surface area (Å²) in [6.07, 6.45) is 1.93. The summed E-state index contributed by atoms with van der Waals surface area (Å²) in [5.74, 6) is -1.13. The van der Waals surface area contributed by atoms with Crippen LogP contribution in [0.15, 0.2) is 29.3 Å². The number of methoxy groups -OCH3 is 1. The van der Waals surface area contributed by atoms with Crippen molar-refractivity contribution in [2.24, 2.45) is 5.41 Å². The van der Waals surface area contributed by atoms with Crippen LogP contribution in [0.5, 0.6) is 0 Å². The number of aliphatic carboxylic acids is 1. The molecule has 1 aromatic carbocycles. The Hall–Kier alpha value is -2.74. The van der Waals surface area contributed by atoms with Gasteiger partial charge in [-0.25, -0.2) is 4.98 Å². The molecule has 1 aromatic heterocycles. The van der Waals surface area contributed by atoms with Crippen molar-refractivity contribution in [2.45, 2.75) is 26.3 Å². The van der Waals surface area contributed by atoms with E-state index in [0.717, 1.165) is 5.56 Å². The zero-order chi connectivity index (χ0) is 19.6. The number of benzene rings is 1. The number of aromatic nitrogens is 2. The molecule has 1 unspecified atom stereocenters. The fourth-order valence-electron chi connectivity index (χ4n) is 3.59. The number of carboxylic acid groups (broad SMARTS) is 1. The van der Waals surface area contributed by atoms with Crippen molar-refractivity contribution < 1.29 is 19.4 Å². The van der Waals surface area contributed by atoms with Gasteiger partial charge in [0.2, 0.25) is 5.91 Å². The van der Waals surface area contributed by atoms with Gasteiger partial charge in [0.05, 0.1) is 23.8 Å². The molecule has 0 bridgehead atoms. The predicted octanol–water partition coefficient (Wildman–Crippen LogP) is 1.04. The summed E-state index contributed by atoms with van der Waals surface area (Å²) in [4.78, 5) is 42.6. The van der Waals surface area contributed by atoms with E-state index in [1.807, 2.05) is 19.1 Å². The van der Waals surface area contributed by atoms with Gasteiger partial charge >= 0.3 is 5.97 Å². The van der Waals surface area contributed by atoms with Crippen LogP contribution in [0.4, 0.5) is 0 Å². The number of carbonyl (C=O) groups is 2. The Morgan fingerprint density at radius 2 is 2.15 bits per heavy atom. The molecule has 1 aliphatic heterocycles. The molecule has 0 saturated carbocycles. The molecular weight excluding hydrogens is 350 g/mol. The summed E-state index contributed by atoms with van der Waals surface area (Å²) in [6.45, 7) is 2.66. The van der Waals surface area contributed by atoms with Gasteiger partial charge < -0.3 is 14.7 Å². The molecule has 27 heavy (non-hydrogen) atoms. The molecule has 1 N–H and O–H groups in total. The van der Waals surface area contributed by atoms with E-state index in [9.17, 15) is 19.5 Å². The first kappa shape index (κ1) is 19.0. The summed E-state index contributed by atoms with van der Waals surface area (Å²) in [5.41, 5.74) is 0.351. The van der Waals surface area contributed by atoms with Crippen molar-refractivity contribution >= 4 is 22.8 Å². The van der Waals surface area contributed by atoms with Crippen molar-refractivity contribution in [2.75, 3.05) is 26.8 Å². The Bertz CT molecular complexity index is 939. The number of rotatable bonds is 6. The number of fused-ring (bicyclic) bond motifs is 1. The van der Waals surface area contributed by atoms with Crippen LogP contribution in [-0.2, 0) is 20.9 Å². The second-order valence-corrected chi connectivity index (χ2v) is 7.05. The van der Waals surface area contributed by atoms with E-state index in [4.69, 9.17) is 4.74 Å². The van der Waals surface area contributed by atoms with Gasteiger partial charge in [-0.2, -0.15) is 0 Å². The molecule has 0 aliphatic carbocycles. The smallest absolute Gasteiger partial charge is 0.313 e. The van der Waals surface area contributed by atoms with Crippen molar-refractivity contribution in [3.63, 3.8) is 0 Å². The van der Waals surface area contributed by atoms with Gasteiger partial charge in [0.1, 0.15) is 5.41 Å². The molecule has 8 nitrogen and oxygen atoms in total. The first-order valence-corrected chi connectivity index (χ1v) is 8.83. The minimum Gasteiger partial charge on any atom is -0.481 e. The van der Waals surface area contributed by atoms with E-state index in [0.29, 0.717) is 23.9 Å². The fraction of sp³-hybridized carbons (Fsp3) is 0.474. The molecule has 2 heterocycles. The predicted molar refractivity (Wildman–Crippen MR) is 98.5 cm³/mol. The second-order valence-electron chi connectivity index (χ2n) is 7.05. The zero-order valence-electron chi connectivity index (χ0n) is 15.5. The number of likely N-dealkylation sites (tertiary alicyclic amines) is 1.